The number of hydrogen-bond acceptors (Lipinski definition) is 2. The van der Waals surface area contributed by atoms with Crippen molar-refractivity contribution in [3.05, 3.63) is 47.5 Å². The summed E-state index contributed by atoms with van der Waals surface area (Å²) in [7, 11) is 0. The van der Waals surface area contributed by atoms with Gasteiger partial charge in [0.05, 0.1) is 6.54 Å². The molecular formula is C16H24N2O. The van der Waals surface area contributed by atoms with E-state index in [1.54, 1.807) is 0 Å². The van der Waals surface area contributed by atoms with E-state index in [0.717, 1.165) is 24.2 Å². The second-order valence-corrected chi connectivity index (χ2v) is 5.02. The number of amides is 1. The van der Waals surface area contributed by atoms with Crippen LogP contribution in [-0.2, 0) is 11.3 Å². The van der Waals surface area contributed by atoms with E-state index in [2.05, 4.69) is 42.8 Å². The van der Waals surface area contributed by atoms with Crippen LogP contribution in [0.15, 0.2) is 36.4 Å². The third-order valence-electron chi connectivity index (χ3n) is 2.92. The molecule has 1 rings (SSSR count). The maximum Gasteiger partial charge on any atom is 0.234 e. The van der Waals surface area contributed by atoms with Crippen LogP contribution in [-0.4, -0.2) is 30.4 Å². The van der Waals surface area contributed by atoms with Gasteiger partial charge in [0.15, 0.2) is 0 Å². The number of benzene rings is 1. The molecular weight excluding hydrogens is 236 g/mol. The molecule has 0 aliphatic carbocycles. The van der Waals surface area contributed by atoms with Crippen molar-refractivity contribution in [1.29, 1.82) is 0 Å². The predicted octanol–water partition coefficient (Wildman–Crippen LogP) is 2.51. The second kappa shape index (κ2) is 7.74. The molecule has 1 N–H and O–H groups in total. The van der Waals surface area contributed by atoms with Crippen LogP contribution in [0.2, 0.25) is 0 Å². The summed E-state index contributed by atoms with van der Waals surface area (Å²) in [6, 6.07) is 8.20. The molecule has 3 heteroatoms. The molecule has 0 bridgehead atoms. The molecule has 0 fully saturated rings. The summed E-state index contributed by atoms with van der Waals surface area (Å²) in [5, 5.41) is 2.95. The lowest BCUT2D eigenvalue weighted by Gasteiger charge is -2.19. The molecule has 0 spiro atoms. The van der Waals surface area contributed by atoms with Gasteiger partial charge in [-0.3, -0.25) is 9.69 Å². The molecule has 19 heavy (non-hydrogen) atoms. The number of nitrogens with one attached hydrogen (secondary N) is 1. The lowest BCUT2D eigenvalue weighted by Crippen LogP contribution is -2.37. The standard InChI is InChI=1S/C16H24N2O/c1-5-18(11-13(2)3)12-16(19)17-10-15-8-6-14(4)7-9-15/h6-9H,2,5,10-12H2,1,3-4H3,(H,17,19). The number of carbonyl (C=O) groups is 1. The van der Waals surface area contributed by atoms with E-state index in [-0.39, 0.29) is 5.91 Å². The zero-order chi connectivity index (χ0) is 14.3. The second-order valence-electron chi connectivity index (χ2n) is 5.02. The lowest BCUT2D eigenvalue weighted by atomic mass is 10.1. The number of aryl methyl sites for hydroxylation is 1. The fraction of sp³-hybridized carbons (Fsp3) is 0.438. The monoisotopic (exact) mass is 260 g/mol. The minimum absolute atomic E-state index is 0.0590. The van der Waals surface area contributed by atoms with Crippen molar-refractivity contribution in [3.8, 4) is 0 Å². The van der Waals surface area contributed by atoms with Gasteiger partial charge in [0.2, 0.25) is 5.91 Å². The molecule has 0 saturated carbocycles. The van der Waals surface area contributed by atoms with Crippen molar-refractivity contribution in [1.82, 2.24) is 10.2 Å². The summed E-state index contributed by atoms with van der Waals surface area (Å²) >= 11 is 0. The summed E-state index contributed by atoms with van der Waals surface area (Å²) in [5.74, 6) is 0.0590. The summed E-state index contributed by atoms with van der Waals surface area (Å²) in [5.41, 5.74) is 3.43. The number of likely N-dealkylation sites (N-methyl/N-ethyl adjacent to an activating group) is 1. The van der Waals surface area contributed by atoms with Gasteiger partial charge in [0, 0.05) is 13.1 Å². The van der Waals surface area contributed by atoms with Gasteiger partial charge in [-0.05, 0) is 26.0 Å². The Balaban J connectivity index is 2.38. The molecule has 104 valence electrons. The van der Waals surface area contributed by atoms with Crippen molar-refractivity contribution in [2.75, 3.05) is 19.6 Å². The molecule has 0 heterocycles. The average molecular weight is 260 g/mol. The van der Waals surface area contributed by atoms with Gasteiger partial charge in [-0.15, -0.1) is 0 Å². The van der Waals surface area contributed by atoms with Crippen molar-refractivity contribution >= 4 is 5.91 Å². The predicted molar refractivity (Wildman–Crippen MR) is 80.0 cm³/mol. The quantitative estimate of drug-likeness (QED) is 0.764. The summed E-state index contributed by atoms with van der Waals surface area (Å²) in [6.45, 7) is 12.6. The van der Waals surface area contributed by atoms with Gasteiger partial charge >= 0.3 is 0 Å². The molecule has 0 radical (unpaired) electrons. The minimum Gasteiger partial charge on any atom is -0.351 e. The Bertz CT molecular complexity index is 423. The van der Waals surface area contributed by atoms with E-state index in [1.165, 1.54) is 5.56 Å². The number of nitrogens with zero attached hydrogens (tertiary/aromatic N) is 1. The molecule has 0 aliphatic rings. The van der Waals surface area contributed by atoms with Crippen LogP contribution in [0.5, 0.6) is 0 Å². The Labute approximate surface area is 116 Å². The number of carbonyl (C=O) groups excluding carboxylic acids is 1. The number of rotatable bonds is 7. The molecule has 1 amide bonds. The highest BCUT2D eigenvalue weighted by atomic mass is 16.2. The first-order chi connectivity index (χ1) is 9.01. The fourth-order valence-corrected chi connectivity index (χ4v) is 1.83. The highest BCUT2D eigenvalue weighted by molar-refractivity contribution is 5.78. The van der Waals surface area contributed by atoms with Gasteiger partial charge in [0.1, 0.15) is 0 Å². The van der Waals surface area contributed by atoms with E-state index in [0.29, 0.717) is 13.1 Å². The summed E-state index contributed by atoms with van der Waals surface area (Å²) in [4.78, 5) is 13.9. The Morgan fingerprint density at radius 3 is 2.42 bits per heavy atom. The topological polar surface area (TPSA) is 32.3 Å². The Morgan fingerprint density at radius 2 is 1.89 bits per heavy atom. The zero-order valence-electron chi connectivity index (χ0n) is 12.2. The smallest absolute Gasteiger partial charge is 0.234 e. The third kappa shape index (κ3) is 6.20. The molecule has 0 aliphatic heterocycles. The molecule has 0 aromatic heterocycles. The Kier molecular flexibility index (Phi) is 6.30. The fourth-order valence-electron chi connectivity index (χ4n) is 1.83. The summed E-state index contributed by atoms with van der Waals surface area (Å²) < 4.78 is 0. The van der Waals surface area contributed by atoms with E-state index < -0.39 is 0 Å². The highest BCUT2D eigenvalue weighted by Gasteiger charge is 2.08. The Hall–Kier alpha value is -1.61. The van der Waals surface area contributed by atoms with Crippen LogP contribution in [0.1, 0.15) is 25.0 Å². The molecule has 0 unspecified atom stereocenters. The highest BCUT2D eigenvalue weighted by Crippen LogP contribution is 2.02. The van der Waals surface area contributed by atoms with Crippen LogP contribution in [0, 0.1) is 6.92 Å². The van der Waals surface area contributed by atoms with Crippen LogP contribution < -0.4 is 5.32 Å². The van der Waals surface area contributed by atoms with Crippen LogP contribution >= 0.6 is 0 Å². The van der Waals surface area contributed by atoms with Crippen LogP contribution in [0.25, 0.3) is 0 Å². The molecule has 0 saturated heterocycles. The Morgan fingerprint density at radius 1 is 1.26 bits per heavy atom. The van der Waals surface area contributed by atoms with Gasteiger partial charge in [-0.25, -0.2) is 0 Å². The first-order valence-corrected chi connectivity index (χ1v) is 6.70. The largest absolute Gasteiger partial charge is 0.351 e. The maximum absolute atomic E-state index is 11.9. The van der Waals surface area contributed by atoms with Gasteiger partial charge in [-0.2, -0.15) is 0 Å². The number of hydrogen-bond donors (Lipinski definition) is 1. The average Bonchev–Trinajstić information content (AvgIpc) is 2.36. The lowest BCUT2D eigenvalue weighted by molar-refractivity contribution is -0.122. The van der Waals surface area contributed by atoms with Crippen molar-refractivity contribution in [2.24, 2.45) is 0 Å². The molecule has 1 aromatic rings. The van der Waals surface area contributed by atoms with Crippen molar-refractivity contribution in [3.63, 3.8) is 0 Å². The van der Waals surface area contributed by atoms with E-state index in [4.69, 9.17) is 0 Å². The molecule has 1 aromatic carbocycles. The van der Waals surface area contributed by atoms with E-state index in [9.17, 15) is 4.79 Å². The third-order valence-corrected chi connectivity index (χ3v) is 2.92. The van der Waals surface area contributed by atoms with E-state index in [1.807, 2.05) is 19.1 Å². The van der Waals surface area contributed by atoms with Crippen molar-refractivity contribution in [2.45, 2.75) is 27.3 Å². The zero-order valence-corrected chi connectivity index (χ0v) is 12.2. The molecule has 0 atom stereocenters. The summed E-state index contributed by atoms with van der Waals surface area (Å²) in [6.07, 6.45) is 0. The minimum atomic E-state index is 0.0590. The van der Waals surface area contributed by atoms with Gasteiger partial charge < -0.3 is 5.32 Å². The van der Waals surface area contributed by atoms with Crippen LogP contribution in [0.4, 0.5) is 0 Å². The first kappa shape index (κ1) is 15.4. The maximum atomic E-state index is 11.9. The first-order valence-electron chi connectivity index (χ1n) is 6.70. The SMILES string of the molecule is C=C(C)CN(CC)CC(=O)NCc1ccc(C)cc1. The van der Waals surface area contributed by atoms with Gasteiger partial charge in [-0.1, -0.05) is 48.9 Å². The van der Waals surface area contributed by atoms with Gasteiger partial charge in [0.25, 0.3) is 0 Å². The normalized spacial score (nSPS) is 10.5. The van der Waals surface area contributed by atoms with E-state index >= 15 is 0 Å². The van der Waals surface area contributed by atoms with Crippen LogP contribution in [0.3, 0.4) is 0 Å². The molecule has 3 nitrogen and oxygen atoms in total. The van der Waals surface area contributed by atoms with Crippen molar-refractivity contribution < 1.29 is 4.79 Å².